The Bertz CT molecular complexity index is 171. The van der Waals surface area contributed by atoms with E-state index in [1.54, 1.807) is 6.92 Å². The molecule has 0 aliphatic heterocycles. The fourth-order valence-corrected chi connectivity index (χ4v) is 1.30. The predicted octanol–water partition coefficient (Wildman–Crippen LogP) is 0.0527. The molecule has 0 aliphatic rings. The third-order valence-electron chi connectivity index (χ3n) is 2.24. The van der Waals surface area contributed by atoms with Crippen LogP contribution in [0, 0.1) is 0 Å². The maximum atomic E-state index is 11.0. The highest BCUT2D eigenvalue weighted by Crippen LogP contribution is 2.00. The summed E-state index contributed by atoms with van der Waals surface area (Å²) >= 11 is 0. The Labute approximate surface area is 96.8 Å². The van der Waals surface area contributed by atoms with Gasteiger partial charge in [-0.2, -0.15) is 0 Å². The summed E-state index contributed by atoms with van der Waals surface area (Å²) in [6.07, 6.45) is 3.16. The number of carbonyl (C=O) groups excluding carboxylic acids is 1. The first kappa shape index (κ1) is 15.3. The van der Waals surface area contributed by atoms with Gasteiger partial charge in [-0.3, -0.25) is 4.79 Å². The number of aliphatic hydroxyl groups excluding tert-OH is 2. The van der Waals surface area contributed by atoms with E-state index in [1.807, 2.05) is 0 Å². The van der Waals surface area contributed by atoms with Crippen LogP contribution < -0.4 is 5.32 Å². The van der Waals surface area contributed by atoms with Gasteiger partial charge in [0.2, 0.25) is 0 Å². The lowest BCUT2D eigenvalue weighted by molar-refractivity contribution is -0.143. The van der Waals surface area contributed by atoms with Crippen LogP contribution in [0.3, 0.4) is 0 Å². The zero-order valence-corrected chi connectivity index (χ0v) is 9.95. The largest absolute Gasteiger partial charge is 0.466 e. The first-order valence-electron chi connectivity index (χ1n) is 5.85. The minimum atomic E-state index is -0.231. The Morgan fingerprint density at radius 2 is 1.94 bits per heavy atom. The van der Waals surface area contributed by atoms with Crippen LogP contribution in [0.25, 0.3) is 0 Å². The van der Waals surface area contributed by atoms with E-state index in [2.05, 4.69) is 5.32 Å². The topological polar surface area (TPSA) is 78.8 Å². The zero-order chi connectivity index (χ0) is 12.2. The maximum Gasteiger partial charge on any atom is 0.305 e. The monoisotopic (exact) mass is 233 g/mol. The first-order chi connectivity index (χ1) is 7.74. The Balaban J connectivity index is 3.24. The van der Waals surface area contributed by atoms with Gasteiger partial charge < -0.3 is 20.3 Å². The van der Waals surface area contributed by atoms with Crippen LogP contribution in [0.2, 0.25) is 0 Å². The summed E-state index contributed by atoms with van der Waals surface area (Å²) in [5, 5.41) is 20.6. The molecule has 0 saturated heterocycles. The van der Waals surface area contributed by atoms with Crippen molar-refractivity contribution in [1.82, 2.24) is 5.32 Å². The molecule has 0 rings (SSSR count). The number of aliphatic hydroxyl groups is 2. The minimum absolute atomic E-state index is 0.0562. The second-order valence-electron chi connectivity index (χ2n) is 3.63. The van der Waals surface area contributed by atoms with Gasteiger partial charge in [0.05, 0.1) is 25.9 Å². The highest BCUT2D eigenvalue weighted by Gasteiger charge is 2.04. The quantitative estimate of drug-likeness (QED) is 0.367. The molecule has 16 heavy (non-hydrogen) atoms. The minimum Gasteiger partial charge on any atom is -0.466 e. The molecular weight excluding hydrogens is 210 g/mol. The normalized spacial score (nSPS) is 10.8. The molecule has 0 saturated carbocycles. The summed E-state index contributed by atoms with van der Waals surface area (Å²) in [7, 11) is 0. The molecule has 0 aliphatic carbocycles. The second-order valence-corrected chi connectivity index (χ2v) is 3.63. The molecule has 0 unspecified atom stereocenters. The van der Waals surface area contributed by atoms with Crippen LogP contribution in [-0.2, 0) is 9.53 Å². The van der Waals surface area contributed by atoms with E-state index >= 15 is 0 Å². The highest BCUT2D eigenvalue weighted by atomic mass is 16.5. The number of esters is 1. The fourth-order valence-electron chi connectivity index (χ4n) is 1.30. The molecule has 0 atom stereocenters. The summed E-state index contributed by atoms with van der Waals surface area (Å²) in [6.45, 7) is 2.87. The molecule has 3 N–H and O–H groups in total. The van der Waals surface area contributed by atoms with Gasteiger partial charge in [0.15, 0.2) is 0 Å². The van der Waals surface area contributed by atoms with Crippen molar-refractivity contribution in [1.29, 1.82) is 0 Å². The van der Waals surface area contributed by atoms with Crippen molar-refractivity contribution in [2.45, 2.75) is 38.6 Å². The number of hydrogen-bond donors (Lipinski definition) is 3. The third kappa shape index (κ3) is 8.64. The van der Waals surface area contributed by atoms with Gasteiger partial charge in [-0.25, -0.2) is 0 Å². The zero-order valence-electron chi connectivity index (χ0n) is 9.95. The molecule has 5 nitrogen and oxygen atoms in total. The van der Waals surface area contributed by atoms with E-state index in [-0.39, 0.29) is 25.2 Å². The van der Waals surface area contributed by atoms with Crippen molar-refractivity contribution in [2.75, 3.05) is 26.4 Å². The van der Waals surface area contributed by atoms with Crippen LogP contribution in [0.5, 0.6) is 0 Å². The summed E-state index contributed by atoms with van der Waals surface area (Å²) in [5.41, 5.74) is 0. The summed E-state index contributed by atoms with van der Waals surface area (Å²) in [6, 6.07) is -0.231. The molecule has 96 valence electrons. The van der Waals surface area contributed by atoms with Gasteiger partial charge in [-0.15, -0.1) is 0 Å². The number of carbonyl (C=O) groups is 1. The number of rotatable bonds is 10. The van der Waals surface area contributed by atoms with Gasteiger partial charge in [-0.1, -0.05) is 6.42 Å². The van der Waals surface area contributed by atoms with Crippen LogP contribution in [0.15, 0.2) is 0 Å². The molecule has 0 amide bonds. The summed E-state index contributed by atoms with van der Waals surface area (Å²) in [5.74, 6) is -0.140. The molecule has 0 spiro atoms. The Morgan fingerprint density at radius 1 is 1.25 bits per heavy atom. The van der Waals surface area contributed by atoms with E-state index in [0.717, 1.165) is 25.8 Å². The van der Waals surface area contributed by atoms with Crippen LogP contribution >= 0.6 is 0 Å². The highest BCUT2D eigenvalue weighted by molar-refractivity contribution is 5.69. The smallest absolute Gasteiger partial charge is 0.305 e. The Kier molecular flexibility index (Phi) is 10.4. The van der Waals surface area contributed by atoms with Crippen molar-refractivity contribution in [3.05, 3.63) is 0 Å². The maximum absolute atomic E-state index is 11.0. The van der Waals surface area contributed by atoms with E-state index < -0.39 is 0 Å². The number of nitrogens with one attached hydrogen (secondary N) is 1. The molecule has 0 aromatic heterocycles. The molecule has 0 aromatic rings. The molecular formula is C11H23NO4. The van der Waals surface area contributed by atoms with Crippen molar-refractivity contribution in [3.63, 3.8) is 0 Å². The lowest BCUT2D eigenvalue weighted by Crippen LogP contribution is -2.36. The van der Waals surface area contributed by atoms with Crippen molar-refractivity contribution in [3.8, 4) is 0 Å². The number of ether oxygens (including phenoxy) is 1. The number of unbranched alkanes of at least 4 members (excludes halogenated alkanes) is 2. The second kappa shape index (κ2) is 10.9. The van der Waals surface area contributed by atoms with E-state index in [4.69, 9.17) is 14.9 Å². The Morgan fingerprint density at radius 3 is 2.50 bits per heavy atom. The van der Waals surface area contributed by atoms with Gasteiger partial charge >= 0.3 is 5.97 Å². The average Bonchev–Trinajstić information content (AvgIpc) is 2.29. The molecule has 0 fully saturated rings. The summed E-state index contributed by atoms with van der Waals surface area (Å²) < 4.78 is 4.80. The summed E-state index contributed by atoms with van der Waals surface area (Å²) in [4.78, 5) is 11.0. The molecule has 0 bridgehead atoms. The molecule has 0 radical (unpaired) electrons. The van der Waals surface area contributed by atoms with E-state index in [9.17, 15) is 4.79 Å². The average molecular weight is 233 g/mol. The SMILES string of the molecule is CCOC(=O)CCCCCNC(CO)CO. The van der Waals surface area contributed by atoms with E-state index in [0.29, 0.717) is 13.0 Å². The Hall–Kier alpha value is -0.650. The van der Waals surface area contributed by atoms with E-state index in [1.165, 1.54) is 0 Å². The van der Waals surface area contributed by atoms with Crippen molar-refractivity contribution in [2.24, 2.45) is 0 Å². The van der Waals surface area contributed by atoms with Gasteiger partial charge in [0, 0.05) is 6.42 Å². The third-order valence-corrected chi connectivity index (χ3v) is 2.24. The lowest BCUT2D eigenvalue weighted by Gasteiger charge is -2.12. The molecule has 0 aromatic carbocycles. The van der Waals surface area contributed by atoms with Crippen molar-refractivity contribution < 1.29 is 19.7 Å². The van der Waals surface area contributed by atoms with Crippen LogP contribution in [0.1, 0.15) is 32.6 Å². The fraction of sp³-hybridized carbons (Fsp3) is 0.909. The first-order valence-corrected chi connectivity index (χ1v) is 5.85. The van der Waals surface area contributed by atoms with Gasteiger partial charge in [-0.05, 0) is 26.3 Å². The van der Waals surface area contributed by atoms with Gasteiger partial charge in [0.1, 0.15) is 0 Å². The number of hydrogen-bond acceptors (Lipinski definition) is 5. The molecule has 0 heterocycles. The standard InChI is InChI=1S/C11H23NO4/c1-2-16-11(15)6-4-3-5-7-12-10(8-13)9-14/h10,12-14H,2-9H2,1H3. The molecule has 5 heteroatoms. The van der Waals surface area contributed by atoms with Crippen molar-refractivity contribution >= 4 is 5.97 Å². The van der Waals surface area contributed by atoms with Crippen LogP contribution in [0.4, 0.5) is 0 Å². The van der Waals surface area contributed by atoms with Gasteiger partial charge in [0.25, 0.3) is 0 Å². The predicted molar refractivity (Wildman–Crippen MR) is 61.1 cm³/mol. The van der Waals surface area contributed by atoms with Crippen LogP contribution in [-0.4, -0.2) is 48.6 Å². The lowest BCUT2D eigenvalue weighted by atomic mass is 10.2.